The fraction of sp³-hybridized carbons (Fsp3) is 0.400. The normalized spacial score (nSPS) is 35.6. The van der Waals surface area contributed by atoms with Crippen molar-refractivity contribution < 1.29 is 4.79 Å². The van der Waals surface area contributed by atoms with Crippen LogP contribution in [0.4, 0.5) is 4.79 Å². The average molecular weight is 140 g/mol. The summed E-state index contributed by atoms with van der Waals surface area (Å²) in [5.41, 5.74) is 0. The molecular weight excluding hydrogens is 132 g/mol. The van der Waals surface area contributed by atoms with Crippen LogP contribution in [0, 0.1) is 0 Å². The lowest BCUT2D eigenvalue weighted by atomic mass is 10.4. The van der Waals surface area contributed by atoms with E-state index < -0.39 is 0 Å². The maximum Gasteiger partial charge on any atom is 0.318 e. The van der Waals surface area contributed by atoms with Crippen molar-refractivity contribution in [2.75, 3.05) is 0 Å². The van der Waals surface area contributed by atoms with E-state index in [1.54, 1.807) is 0 Å². The topological polar surface area (TPSA) is 65.2 Å². The second-order valence-corrected chi connectivity index (χ2v) is 2.34. The van der Waals surface area contributed by atoms with Crippen LogP contribution in [0.15, 0.2) is 12.4 Å². The predicted octanol–water partition coefficient (Wildman–Crippen LogP) is -1.38. The van der Waals surface area contributed by atoms with E-state index in [4.69, 9.17) is 0 Å². The van der Waals surface area contributed by atoms with Gasteiger partial charge in [0.25, 0.3) is 0 Å². The molecule has 54 valence electrons. The number of hydrogen-bond acceptors (Lipinski definition) is 3. The van der Waals surface area contributed by atoms with Crippen molar-refractivity contribution in [1.29, 1.82) is 0 Å². The minimum atomic E-state index is -0.150. The van der Waals surface area contributed by atoms with Crippen LogP contribution in [0.25, 0.3) is 0 Å². The number of rotatable bonds is 0. The SMILES string of the molecule is C=C1NC2NC(=O)NC2N1. The zero-order valence-electron chi connectivity index (χ0n) is 5.27. The second-order valence-electron chi connectivity index (χ2n) is 2.34. The largest absolute Gasteiger partial charge is 0.349 e. The lowest BCUT2D eigenvalue weighted by Crippen LogP contribution is -2.39. The van der Waals surface area contributed by atoms with Crippen LogP contribution in [0.1, 0.15) is 0 Å². The molecule has 2 fully saturated rings. The number of fused-ring (bicyclic) bond motifs is 1. The second kappa shape index (κ2) is 1.56. The highest BCUT2D eigenvalue weighted by Crippen LogP contribution is 2.04. The Kier molecular flexibility index (Phi) is 0.841. The van der Waals surface area contributed by atoms with E-state index in [9.17, 15) is 4.79 Å². The van der Waals surface area contributed by atoms with E-state index in [-0.39, 0.29) is 18.4 Å². The minimum absolute atomic E-state index is 0.0417. The standard InChI is InChI=1S/C5H8N4O/c1-2-6-3-4(7-2)9-5(10)8-3/h3-4,6-7H,1H2,(H2,8,9,10). The first-order chi connectivity index (χ1) is 4.75. The van der Waals surface area contributed by atoms with Gasteiger partial charge in [0.15, 0.2) is 0 Å². The number of amides is 2. The van der Waals surface area contributed by atoms with Gasteiger partial charge in [-0.1, -0.05) is 6.58 Å². The van der Waals surface area contributed by atoms with Gasteiger partial charge in [0, 0.05) is 0 Å². The van der Waals surface area contributed by atoms with Gasteiger partial charge < -0.3 is 21.3 Å². The highest BCUT2D eigenvalue weighted by molar-refractivity contribution is 5.77. The van der Waals surface area contributed by atoms with E-state index >= 15 is 0 Å². The average Bonchev–Trinajstić information content (AvgIpc) is 2.21. The van der Waals surface area contributed by atoms with E-state index in [1.165, 1.54) is 0 Å². The van der Waals surface area contributed by atoms with E-state index in [1.807, 2.05) is 0 Å². The summed E-state index contributed by atoms with van der Waals surface area (Å²) in [6.07, 6.45) is -0.0833. The first-order valence-corrected chi connectivity index (χ1v) is 3.05. The Bertz CT molecular complexity index is 164. The zero-order chi connectivity index (χ0) is 7.14. The Morgan fingerprint density at radius 3 is 2.10 bits per heavy atom. The molecule has 2 unspecified atom stereocenters. The van der Waals surface area contributed by atoms with Crippen molar-refractivity contribution in [3.05, 3.63) is 12.4 Å². The number of hydrogen-bond donors (Lipinski definition) is 4. The molecule has 0 aromatic heterocycles. The van der Waals surface area contributed by atoms with Gasteiger partial charge in [0.2, 0.25) is 0 Å². The van der Waals surface area contributed by atoms with Crippen molar-refractivity contribution in [3.63, 3.8) is 0 Å². The van der Waals surface area contributed by atoms with E-state index in [2.05, 4.69) is 27.8 Å². The third kappa shape index (κ3) is 0.601. The van der Waals surface area contributed by atoms with Gasteiger partial charge >= 0.3 is 6.03 Å². The summed E-state index contributed by atoms with van der Waals surface area (Å²) >= 11 is 0. The molecule has 2 heterocycles. The number of urea groups is 1. The smallest absolute Gasteiger partial charge is 0.318 e. The van der Waals surface area contributed by atoms with Crippen LogP contribution in [0.5, 0.6) is 0 Å². The molecule has 0 aliphatic carbocycles. The highest BCUT2D eigenvalue weighted by atomic mass is 16.2. The first-order valence-electron chi connectivity index (χ1n) is 3.05. The quantitative estimate of drug-likeness (QED) is 0.335. The van der Waals surface area contributed by atoms with Crippen molar-refractivity contribution in [2.24, 2.45) is 0 Å². The molecule has 2 atom stereocenters. The summed E-state index contributed by atoms with van der Waals surface area (Å²) in [5, 5.41) is 11.2. The number of carbonyl (C=O) groups is 1. The zero-order valence-corrected chi connectivity index (χ0v) is 5.27. The number of carbonyl (C=O) groups excluding carboxylic acids is 1. The predicted molar refractivity (Wildman–Crippen MR) is 34.7 cm³/mol. The highest BCUT2D eigenvalue weighted by Gasteiger charge is 2.36. The lowest BCUT2D eigenvalue weighted by Gasteiger charge is -2.03. The summed E-state index contributed by atoms with van der Waals surface area (Å²) in [5.74, 6) is 0.738. The molecule has 0 aromatic carbocycles. The Morgan fingerprint density at radius 2 is 1.60 bits per heavy atom. The molecule has 10 heavy (non-hydrogen) atoms. The van der Waals surface area contributed by atoms with Gasteiger partial charge in [-0.3, -0.25) is 0 Å². The first kappa shape index (κ1) is 5.40. The Morgan fingerprint density at radius 1 is 1.10 bits per heavy atom. The van der Waals surface area contributed by atoms with Gasteiger partial charge in [-0.25, -0.2) is 4.79 Å². The molecule has 2 aliphatic heterocycles. The van der Waals surface area contributed by atoms with Crippen LogP contribution < -0.4 is 21.3 Å². The fourth-order valence-electron chi connectivity index (χ4n) is 1.15. The summed E-state index contributed by atoms with van der Waals surface area (Å²) in [7, 11) is 0. The molecule has 0 aromatic rings. The third-order valence-electron chi connectivity index (χ3n) is 1.57. The van der Waals surface area contributed by atoms with Gasteiger partial charge in [-0.05, 0) is 0 Å². The molecule has 0 radical (unpaired) electrons. The fourth-order valence-corrected chi connectivity index (χ4v) is 1.15. The van der Waals surface area contributed by atoms with Gasteiger partial charge in [-0.2, -0.15) is 0 Å². The molecular formula is C5H8N4O. The van der Waals surface area contributed by atoms with Crippen LogP contribution in [0.2, 0.25) is 0 Å². The minimum Gasteiger partial charge on any atom is -0.349 e. The Hall–Kier alpha value is -1.39. The van der Waals surface area contributed by atoms with Gasteiger partial charge in [0.1, 0.15) is 12.3 Å². The Labute approximate surface area is 57.9 Å². The monoisotopic (exact) mass is 140 g/mol. The summed E-state index contributed by atoms with van der Waals surface area (Å²) < 4.78 is 0. The summed E-state index contributed by atoms with van der Waals surface area (Å²) in [4.78, 5) is 10.6. The molecule has 0 bridgehead atoms. The summed E-state index contributed by atoms with van der Waals surface area (Å²) in [6, 6.07) is -0.150. The summed E-state index contributed by atoms with van der Waals surface area (Å²) in [6.45, 7) is 3.65. The van der Waals surface area contributed by atoms with Gasteiger partial charge in [-0.15, -0.1) is 0 Å². The molecule has 0 saturated carbocycles. The molecule has 5 heteroatoms. The van der Waals surface area contributed by atoms with E-state index in [0.29, 0.717) is 0 Å². The van der Waals surface area contributed by atoms with Gasteiger partial charge in [0.05, 0.1) is 5.82 Å². The van der Waals surface area contributed by atoms with Crippen LogP contribution in [-0.2, 0) is 0 Å². The molecule has 2 amide bonds. The molecule has 2 saturated heterocycles. The number of nitrogens with one attached hydrogen (secondary N) is 4. The molecule has 2 aliphatic rings. The Balaban J connectivity index is 2.12. The van der Waals surface area contributed by atoms with Crippen molar-refractivity contribution in [1.82, 2.24) is 21.3 Å². The molecule has 4 N–H and O–H groups in total. The maximum absolute atomic E-state index is 10.6. The van der Waals surface area contributed by atoms with E-state index in [0.717, 1.165) is 5.82 Å². The molecule has 0 spiro atoms. The van der Waals surface area contributed by atoms with Crippen LogP contribution >= 0.6 is 0 Å². The van der Waals surface area contributed by atoms with Crippen molar-refractivity contribution in [3.8, 4) is 0 Å². The molecule has 2 rings (SSSR count). The maximum atomic E-state index is 10.6. The lowest BCUT2D eigenvalue weighted by molar-refractivity contribution is 0.246. The molecule has 5 nitrogen and oxygen atoms in total. The van der Waals surface area contributed by atoms with Crippen LogP contribution in [0.3, 0.4) is 0 Å². The van der Waals surface area contributed by atoms with Crippen molar-refractivity contribution >= 4 is 6.03 Å². The third-order valence-corrected chi connectivity index (χ3v) is 1.57. The van der Waals surface area contributed by atoms with Crippen LogP contribution in [-0.4, -0.2) is 18.4 Å². The van der Waals surface area contributed by atoms with Crippen molar-refractivity contribution in [2.45, 2.75) is 12.3 Å².